The molecule has 9 heavy (non-hydrogen) atoms. The number of carboxylic acid groups (broad SMARTS) is 1. The van der Waals surface area contributed by atoms with E-state index in [4.69, 9.17) is 0 Å². The topological polar surface area (TPSA) is 40.1 Å². The number of carboxylic acids is 1. The third-order valence-corrected chi connectivity index (χ3v) is 0.687. The van der Waals surface area contributed by atoms with Gasteiger partial charge in [-0.3, -0.25) is 0 Å². The summed E-state index contributed by atoms with van der Waals surface area (Å²) in [5.41, 5.74) is 0.844. The number of allylic oxidation sites excluding steroid dienone is 2. The smallest absolute Gasteiger partial charge is 0.0452 e. The number of carbonyl (C=O) groups excluding carboxylic acids is 1. The molecule has 2 heteroatoms. The molecular weight excluding hydrogens is 116 g/mol. The molecule has 0 atom stereocenters. The monoisotopic (exact) mass is 125 g/mol. The second-order valence-electron chi connectivity index (χ2n) is 1.82. The summed E-state index contributed by atoms with van der Waals surface area (Å²) in [6, 6.07) is 0. The predicted molar refractivity (Wildman–Crippen MR) is 33.6 cm³/mol. The van der Waals surface area contributed by atoms with Crippen molar-refractivity contribution in [1.29, 1.82) is 0 Å². The van der Waals surface area contributed by atoms with Crippen molar-refractivity contribution in [3.05, 3.63) is 24.3 Å². The molecule has 0 aromatic rings. The molecule has 0 radical (unpaired) electrons. The van der Waals surface area contributed by atoms with Gasteiger partial charge in [0.05, 0.1) is 0 Å². The fourth-order valence-electron chi connectivity index (χ4n) is 0.356. The molecule has 2 nitrogen and oxygen atoms in total. The van der Waals surface area contributed by atoms with E-state index in [1.54, 1.807) is 13.0 Å². The van der Waals surface area contributed by atoms with E-state index in [2.05, 4.69) is 6.58 Å². The van der Waals surface area contributed by atoms with Crippen LogP contribution in [0.2, 0.25) is 0 Å². The number of hydrogen-bond donors (Lipinski definition) is 0. The Morgan fingerprint density at radius 2 is 2.33 bits per heavy atom. The van der Waals surface area contributed by atoms with E-state index in [0.717, 1.165) is 5.57 Å². The highest BCUT2D eigenvalue weighted by molar-refractivity contribution is 5.66. The van der Waals surface area contributed by atoms with Crippen molar-refractivity contribution in [2.75, 3.05) is 0 Å². The molecule has 0 aromatic carbocycles. The van der Waals surface area contributed by atoms with Crippen molar-refractivity contribution in [2.24, 2.45) is 0 Å². The van der Waals surface area contributed by atoms with E-state index in [1.165, 1.54) is 6.08 Å². The zero-order valence-electron chi connectivity index (χ0n) is 5.39. The van der Waals surface area contributed by atoms with Crippen molar-refractivity contribution in [3.8, 4) is 0 Å². The van der Waals surface area contributed by atoms with Gasteiger partial charge in [0, 0.05) is 12.4 Å². The summed E-state index contributed by atoms with van der Waals surface area (Å²) in [5, 5.41) is 9.79. The molecule has 0 amide bonds. The first-order valence-corrected chi connectivity index (χ1v) is 2.65. The number of rotatable bonds is 3. The van der Waals surface area contributed by atoms with Crippen LogP contribution in [0.1, 0.15) is 13.3 Å². The molecule has 0 rings (SSSR count). The fourth-order valence-corrected chi connectivity index (χ4v) is 0.356. The van der Waals surface area contributed by atoms with Gasteiger partial charge in [0.1, 0.15) is 0 Å². The Kier molecular flexibility index (Phi) is 3.44. The first-order chi connectivity index (χ1) is 4.13. The lowest BCUT2D eigenvalue weighted by atomic mass is 10.3. The summed E-state index contributed by atoms with van der Waals surface area (Å²) in [5.74, 6) is -1.06. The minimum absolute atomic E-state index is 0.0349. The lowest BCUT2D eigenvalue weighted by Crippen LogP contribution is -2.20. The van der Waals surface area contributed by atoms with Gasteiger partial charge in [-0.2, -0.15) is 0 Å². The molecular formula is C7H9O2-. The van der Waals surface area contributed by atoms with Crippen LogP contribution >= 0.6 is 0 Å². The van der Waals surface area contributed by atoms with Gasteiger partial charge < -0.3 is 9.90 Å². The van der Waals surface area contributed by atoms with E-state index in [9.17, 15) is 9.90 Å². The number of carbonyl (C=O) groups is 1. The van der Waals surface area contributed by atoms with Crippen molar-refractivity contribution >= 4 is 5.97 Å². The molecule has 0 spiro atoms. The second kappa shape index (κ2) is 3.89. The van der Waals surface area contributed by atoms with Gasteiger partial charge in [-0.25, -0.2) is 0 Å². The Morgan fingerprint density at radius 3 is 2.67 bits per heavy atom. The summed E-state index contributed by atoms with van der Waals surface area (Å²) in [6.07, 6.45) is 3.13. The van der Waals surface area contributed by atoms with Gasteiger partial charge >= 0.3 is 0 Å². The molecule has 50 valence electrons. The largest absolute Gasteiger partial charge is 0.550 e. The maximum atomic E-state index is 9.79. The van der Waals surface area contributed by atoms with Gasteiger partial charge in [-0.15, -0.1) is 0 Å². The van der Waals surface area contributed by atoms with Crippen molar-refractivity contribution in [3.63, 3.8) is 0 Å². The third kappa shape index (κ3) is 6.95. The number of hydrogen-bond acceptors (Lipinski definition) is 2. The van der Waals surface area contributed by atoms with Crippen LogP contribution in [0, 0.1) is 0 Å². The summed E-state index contributed by atoms with van der Waals surface area (Å²) in [4.78, 5) is 9.79. The molecule has 0 aliphatic heterocycles. The van der Waals surface area contributed by atoms with Crippen LogP contribution in [-0.4, -0.2) is 5.97 Å². The maximum absolute atomic E-state index is 9.79. The van der Waals surface area contributed by atoms with Gasteiger partial charge in [0.25, 0.3) is 0 Å². The van der Waals surface area contributed by atoms with Crippen LogP contribution in [0.4, 0.5) is 0 Å². The Labute approximate surface area is 54.5 Å². The van der Waals surface area contributed by atoms with E-state index in [1.807, 2.05) is 0 Å². The van der Waals surface area contributed by atoms with Crippen LogP contribution in [0.5, 0.6) is 0 Å². The second-order valence-corrected chi connectivity index (χ2v) is 1.82. The standard InChI is InChI=1S/C7H10O2/c1-6(2)4-3-5-7(8)9/h3-4H,1,5H2,2H3,(H,8,9)/p-1. The molecule has 0 saturated carbocycles. The van der Waals surface area contributed by atoms with Gasteiger partial charge in [0.2, 0.25) is 0 Å². The number of aliphatic carboxylic acids is 1. The van der Waals surface area contributed by atoms with Gasteiger partial charge in [0.15, 0.2) is 0 Å². The molecule has 0 heterocycles. The van der Waals surface area contributed by atoms with Crippen LogP contribution in [0.3, 0.4) is 0 Å². The molecule has 0 N–H and O–H groups in total. The van der Waals surface area contributed by atoms with E-state index in [0.29, 0.717) is 0 Å². The molecule has 0 saturated heterocycles. The molecule has 0 bridgehead atoms. The average molecular weight is 125 g/mol. The Bertz CT molecular complexity index is 145. The van der Waals surface area contributed by atoms with Crippen LogP contribution in [0.25, 0.3) is 0 Å². The highest BCUT2D eigenvalue weighted by atomic mass is 16.4. The van der Waals surface area contributed by atoms with Crippen LogP contribution < -0.4 is 5.11 Å². The lowest BCUT2D eigenvalue weighted by Gasteiger charge is -1.92. The van der Waals surface area contributed by atoms with Crippen molar-refractivity contribution in [1.82, 2.24) is 0 Å². The predicted octanol–water partition coefficient (Wildman–Crippen LogP) is 0.259. The quantitative estimate of drug-likeness (QED) is 0.507. The summed E-state index contributed by atoms with van der Waals surface area (Å²) in [6.45, 7) is 5.35. The Morgan fingerprint density at radius 1 is 1.78 bits per heavy atom. The summed E-state index contributed by atoms with van der Waals surface area (Å²) < 4.78 is 0. The third-order valence-electron chi connectivity index (χ3n) is 0.687. The van der Waals surface area contributed by atoms with Crippen LogP contribution in [-0.2, 0) is 4.79 Å². The molecule has 0 aromatic heterocycles. The zero-order chi connectivity index (χ0) is 7.28. The van der Waals surface area contributed by atoms with E-state index >= 15 is 0 Å². The Hall–Kier alpha value is -1.05. The summed E-state index contributed by atoms with van der Waals surface area (Å²) in [7, 11) is 0. The zero-order valence-corrected chi connectivity index (χ0v) is 5.39. The maximum Gasteiger partial charge on any atom is 0.0452 e. The van der Waals surface area contributed by atoms with Crippen LogP contribution in [0.15, 0.2) is 24.3 Å². The minimum atomic E-state index is -1.06. The molecule has 0 fully saturated rings. The molecule has 0 aliphatic carbocycles. The Balaban J connectivity index is 3.48. The van der Waals surface area contributed by atoms with Crippen molar-refractivity contribution in [2.45, 2.75) is 13.3 Å². The first-order valence-electron chi connectivity index (χ1n) is 2.65. The normalized spacial score (nSPS) is 9.89. The van der Waals surface area contributed by atoms with Crippen molar-refractivity contribution < 1.29 is 9.90 Å². The fraction of sp³-hybridized carbons (Fsp3) is 0.286. The minimum Gasteiger partial charge on any atom is -0.550 e. The summed E-state index contributed by atoms with van der Waals surface area (Å²) >= 11 is 0. The van der Waals surface area contributed by atoms with Gasteiger partial charge in [-0.1, -0.05) is 24.3 Å². The van der Waals surface area contributed by atoms with Gasteiger partial charge in [-0.05, 0) is 6.92 Å². The lowest BCUT2D eigenvalue weighted by molar-refractivity contribution is -0.304. The average Bonchev–Trinajstić information content (AvgIpc) is 1.63. The highest BCUT2D eigenvalue weighted by Gasteiger charge is 1.76. The highest BCUT2D eigenvalue weighted by Crippen LogP contribution is 1.89. The first kappa shape index (κ1) is 7.95. The molecule has 0 unspecified atom stereocenters. The SMILES string of the molecule is C=C(C)C=CCC(=O)[O-]. The van der Waals surface area contributed by atoms with E-state index < -0.39 is 5.97 Å². The van der Waals surface area contributed by atoms with E-state index in [-0.39, 0.29) is 6.42 Å². The molecule has 0 aliphatic rings.